The topological polar surface area (TPSA) is 67.9 Å². The van der Waals surface area contributed by atoms with E-state index in [0.29, 0.717) is 26.3 Å². The Balaban J connectivity index is 1.65. The Bertz CT molecular complexity index is 334. The summed E-state index contributed by atoms with van der Waals surface area (Å²) in [7, 11) is 1.67. The SMILES string of the molecule is CNC(=O)C1CCC(OCC(=O)N2CCOCC2)CC1. The van der Waals surface area contributed by atoms with Gasteiger partial charge in [-0.05, 0) is 25.7 Å². The van der Waals surface area contributed by atoms with E-state index in [2.05, 4.69) is 5.32 Å². The summed E-state index contributed by atoms with van der Waals surface area (Å²) in [6, 6.07) is 0. The third-order valence-corrected chi connectivity index (χ3v) is 4.10. The van der Waals surface area contributed by atoms with Crippen LogP contribution in [0.5, 0.6) is 0 Å². The number of hydrogen-bond donors (Lipinski definition) is 1. The Labute approximate surface area is 119 Å². The van der Waals surface area contributed by atoms with Crippen molar-refractivity contribution < 1.29 is 19.1 Å². The van der Waals surface area contributed by atoms with E-state index in [1.54, 1.807) is 11.9 Å². The van der Waals surface area contributed by atoms with Crippen molar-refractivity contribution in [1.29, 1.82) is 0 Å². The van der Waals surface area contributed by atoms with Crippen molar-refractivity contribution >= 4 is 11.8 Å². The molecule has 0 spiro atoms. The van der Waals surface area contributed by atoms with E-state index in [0.717, 1.165) is 25.7 Å². The first-order valence-electron chi connectivity index (χ1n) is 7.39. The molecule has 0 atom stereocenters. The Morgan fingerprint density at radius 2 is 1.85 bits per heavy atom. The van der Waals surface area contributed by atoms with E-state index in [-0.39, 0.29) is 30.4 Å². The zero-order chi connectivity index (χ0) is 14.4. The van der Waals surface area contributed by atoms with Gasteiger partial charge in [-0.3, -0.25) is 9.59 Å². The molecule has 1 saturated carbocycles. The Morgan fingerprint density at radius 3 is 2.45 bits per heavy atom. The van der Waals surface area contributed by atoms with Crippen LogP contribution in [-0.4, -0.2) is 62.8 Å². The normalized spacial score (nSPS) is 27.1. The quantitative estimate of drug-likeness (QED) is 0.799. The van der Waals surface area contributed by atoms with Gasteiger partial charge in [0.15, 0.2) is 0 Å². The second kappa shape index (κ2) is 7.59. The lowest BCUT2D eigenvalue weighted by atomic mass is 9.87. The molecule has 2 fully saturated rings. The predicted octanol–water partition coefficient (Wildman–Crippen LogP) is 0.167. The zero-order valence-corrected chi connectivity index (χ0v) is 12.1. The number of amides is 2. The highest BCUT2D eigenvalue weighted by molar-refractivity contribution is 5.78. The van der Waals surface area contributed by atoms with Gasteiger partial charge in [0, 0.05) is 26.1 Å². The van der Waals surface area contributed by atoms with Gasteiger partial charge in [-0.1, -0.05) is 0 Å². The number of carbonyl (C=O) groups is 2. The van der Waals surface area contributed by atoms with Crippen molar-refractivity contribution in [2.75, 3.05) is 40.0 Å². The highest BCUT2D eigenvalue weighted by Crippen LogP contribution is 2.26. The van der Waals surface area contributed by atoms with Crippen LogP contribution >= 0.6 is 0 Å². The minimum atomic E-state index is 0.0433. The molecular formula is C14H24N2O4. The molecule has 6 nitrogen and oxygen atoms in total. The van der Waals surface area contributed by atoms with Crippen molar-refractivity contribution in [1.82, 2.24) is 10.2 Å². The maximum atomic E-state index is 11.9. The molecule has 2 aliphatic rings. The molecule has 6 heteroatoms. The molecule has 1 heterocycles. The van der Waals surface area contributed by atoms with Gasteiger partial charge in [0.25, 0.3) is 0 Å². The molecule has 2 amide bonds. The summed E-state index contributed by atoms with van der Waals surface area (Å²) in [5.41, 5.74) is 0. The molecule has 1 saturated heterocycles. The number of morpholine rings is 1. The van der Waals surface area contributed by atoms with Gasteiger partial charge in [-0.15, -0.1) is 0 Å². The molecule has 2 rings (SSSR count). The van der Waals surface area contributed by atoms with E-state index in [9.17, 15) is 9.59 Å². The smallest absolute Gasteiger partial charge is 0.248 e. The number of ether oxygens (including phenoxy) is 2. The molecule has 0 aromatic carbocycles. The number of hydrogen-bond acceptors (Lipinski definition) is 4. The fraction of sp³-hybridized carbons (Fsp3) is 0.857. The molecule has 114 valence electrons. The van der Waals surface area contributed by atoms with Gasteiger partial charge in [0.2, 0.25) is 11.8 Å². The van der Waals surface area contributed by atoms with Gasteiger partial charge in [0.05, 0.1) is 19.3 Å². The van der Waals surface area contributed by atoms with E-state index in [1.807, 2.05) is 0 Å². The van der Waals surface area contributed by atoms with Gasteiger partial charge in [-0.25, -0.2) is 0 Å². The highest BCUT2D eigenvalue weighted by atomic mass is 16.5. The van der Waals surface area contributed by atoms with E-state index in [1.165, 1.54) is 0 Å². The largest absolute Gasteiger partial charge is 0.378 e. The van der Waals surface area contributed by atoms with Crippen LogP contribution in [0.15, 0.2) is 0 Å². The Morgan fingerprint density at radius 1 is 1.20 bits per heavy atom. The summed E-state index contributed by atoms with van der Waals surface area (Å²) in [6.45, 7) is 2.69. The third-order valence-electron chi connectivity index (χ3n) is 4.10. The lowest BCUT2D eigenvalue weighted by molar-refractivity contribution is -0.143. The zero-order valence-electron chi connectivity index (χ0n) is 12.1. The second-order valence-corrected chi connectivity index (χ2v) is 5.39. The van der Waals surface area contributed by atoms with E-state index >= 15 is 0 Å². The van der Waals surface area contributed by atoms with Gasteiger partial charge in [0.1, 0.15) is 6.61 Å². The minimum Gasteiger partial charge on any atom is -0.378 e. The van der Waals surface area contributed by atoms with Gasteiger partial charge >= 0.3 is 0 Å². The molecule has 0 aromatic heterocycles. The standard InChI is InChI=1S/C14H24N2O4/c1-15-14(18)11-2-4-12(5-3-11)20-10-13(17)16-6-8-19-9-7-16/h11-12H,2-10H2,1H3,(H,15,18). The second-order valence-electron chi connectivity index (χ2n) is 5.39. The van der Waals surface area contributed by atoms with Crippen LogP contribution in [0.3, 0.4) is 0 Å². The number of nitrogens with zero attached hydrogens (tertiary/aromatic N) is 1. The summed E-state index contributed by atoms with van der Waals surface area (Å²) in [4.78, 5) is 25.3. The van der Waals surface area contributed by atoms with Crippen LogP contribution in [0.1, 0.15) is 25.7 Å². The number of carbonyl (C=O) groups excluding carboxylic acids is 2. The Kier molecular flexibility index (Phi) is 5.79. The summed E-state index contributed by atoms with van der Waals surface area (Å²) >= 11 is 0. The van der Waals surface area contributed by atoms with Gasteiger partial charge < -0.3 is 19.7 Å². The van der Waals surface area contributed by atoms with Crippen LogP contribution in [-0.2, 0) is 19.1 Å². The molecule has 0 bridgehead atoms. The first-order valence-corrected chi connectivity index (χ1v) is 7.39. The third kappa shape index (κ3) is 4.18. The molecule has 20 heavy (non-hydrogen) atoms. The lowest BCUT2D eigenvalue weighted by Gasteiger charge is -2.30. The maximum absolute atomic E-state index is 11.9. The van der Waals surface area contributed by atoms with Crippen LogP contribution in [0, 0.1) is 5.92 Å². The van der Waals surface area contributed by atoms with Crippen molar-refractivity contribution in [3.63, 3.8) is 0 Å². The van der Waals surface area contributed by atoms with E-state index < -0.39 is 0 Å². The van der Waals surface area contributed by atoms with Crippen LogP contribution in [0.4, 0.5) is 0 Å². The van der Waals surface area contributed by atoms with Crippen LogP contribution in [0.2, 0.25) is 0 Å². The fourth-order valence-corrected chi connectivity index (χ4v) is 2.79. The molecule has 1 N–H and O–H groups in total. The molecule has 1 aliphatic carbocycles. The molecule has 1 aliphatic heterocycles. The lowest BCUT2D eigenvalue weighted by Crippen LogP contribution is -2.43. The number of nitrogens with one attached hydrogen (secondary N) is 1. The molecule has 0 unspecified atom stereocenters. The Hall–Kier alpha value is -1.14. The summed E-state index contributed by atoms with van der Waals surface area (Å²) in [6.07, 6.45) is 3.51. The van der Waals surface area contributed by atoms with Crippen molar-refractivity contribution in [2.45, 2.75) is 31.8 Å². The summed E-state index contributed by atoms with van der Waals surface area (Å²) in [5.74, 6) is 0.268. The first kappa shape index (κ1) is 15.3. The monoisotopic (exact) mass is 284 g/mol. The molecular weight excluding hydrogens is 260 g/mol. The first-order chi connectivity index (χ1) is 9.70. The average molecular weight is 284 g/mol. The minimum absolute atomic E-state index is 0.0433. The summed E-state index contributed by atoms with van der Waals surface area (Å²) in [5, 5.41) is 2.69. The fourth-order valence-electron chi connectivity index (χ4n) is 2.79. The molecule has 0 aromatic rings. The van der Waals surface area contributed by atoms with E-state index in [4.69, 9.17) is 9.47 Å². The average Bonchev–Trinajstić information content (AvgIpc) is 2.53. The van der Waals surface area contributed by atoms with Crippen LogP contribution in [0.25, 0.3) is 0 Å². The van der Waals surface area contributed by atoms with Crippen LogP contribution < -0.4 is 5.32 Å². The molecule has 0 radical (unpaired) electrons. The van der Waals surface area contributed by atoms with Crippen molar-refractivity contribution in [3.8, 4) is 0 Å². The maximum Gasteiger partial charge on any atom is 0.248 e. The van der Waals surface area contributed by atoms with Crippen molar-refractivity contribution in [3.05, 3.63) is 0 Å². The number of rotatable bonds is 4. The predicted molar refractivity (Wildman–Crippen MR) is 73.2 cm³/mol. The summed E-state index contributed by atoms with van der Waals surface area (Å²) < 4.78 is 10.9. The van der Waals surface area contributed by atoms with Gasteiger partial charge in [-0.2, -0.15) is 0 Å². The van der Waals surface area contributed by atoms with Crippen molar-refractivity contribution in [2.24, 2.45) is 5.92 Å². The highest BCUT2D eigenvalue weighted by Gasteiger charge is 2.27.